The molecule has 5 nitrogen and oxygen atoms in total. The number of amides is 1. The third-order valence-corrected chi connectivity index (χ3v) is 4.96. The third-order valence-electron chi connectivity index (χ3n) is 4.96. The van der Waals surface area contributed by atoms with Gasteiger partial charge in [-0.05, 0) is 36.8 Å². The molecule has 0 atom stereocenters. The van der Waals surface area contributed by atoms with Crippen LogP contribution >= 0.6 is 0 Å². The van der Waals surface area contributed by atoms with Crippen molar-refractivity contribution in [2.75, 3.05) is 13.1 Å². The van der Waals surface area contributed by atoms with E-state index in [4.69, 9.17) is 4.74 Å². The molecule has 1 fully saturated rings. The molecule has 0 radical (unpaired) electrons. The number of ether oxygens (including phenoxy) is 1. The third kappa shape index (κ3) is 3.92. The summed E-state index contributed by atoms with van der Waals surface area (Å²) in [4.78, 5) is 23.4. The molecule has 27 heavy (non-hydrogen) atoms. The van der Waals surface area contributed by atoms with Crippen molar-refractivity contribution in [2.24, 2.45) is 0 Å². The van der Waals surface area contributed by atoms with Gasteiger partial charge in [0.25, 0.3) is 5.91 Å². The summed E-state index contributed by atoms with van der Waals surface area (Å²) in [5.74, 6) is 1.43. The summed E-state index contributed by atoms with van der Waals surface area (Å²) in [7, 11) is 0. The van der Waals surface area contributed by atoms with Crippen molar-refractivity contribution in [2.45, 2.75) is 32.8 Å². The maximum Gasteiger partial charge on any atom is 0.253 e. The number of hydrogen-bond acceptors (Lipinski definition) is 4. The highest BCUT2D eigenvalue weighted by atomic mass is 16.5. The fourth-order valence-corrected chi connectivity index (χ4v) is 3.60. The number of aryl methyl sites for hydroxylation is 2. The van der Waals surface area contributed by atoms with Crippen molar-refractivity contribution < 1.29 is 9.53 Å². The Bertz CT molecular complexity index is 958. The van der Waals surface area contributed by atoms with Gasteiger partial charge in [-0.25, -0.2) is 4.98 Å². The van der Waals surface area contributed by atoms with Gasteiger partial charge in [0.05, 0.1) is 0 Å². The molecule has 3 aromatic rings. The van der Waals surface area contributed by atoms with E-state index >= 15 is 0 Å². The number of piperidine rings is 1. The summed E-state index contributed by atoms with van der Waals surface area (Å²) in [6.07, 6.45) is 1.70. The van der Waals surface area contributed by atoms with Crippen LogP contribution in [0.4, 0.5) is 0 Å². The Kier molecular flexibility index (Phi) is 4.75. The van der Waals surface area contributed by atoms with E-state index in [0.29, 0.717) is 24.8 Å². The zero-order valence-electron chi connectivity index (χ0n) is 15.7. The van der Waals surface area contributed by atoms with Crippen molar-refractivity contribution in [3.05, 3.63) is 65.6 Å². The summed E-state index contributed by atoms with van der Waals surface area (Å²) < 4.78 is 6.02. The number of aromatic nitrogens is 2. The first-order valence-corrected chi connectivity index (χ1v) is 9.35. The molecule has 2 heterocycles. The molecule has 0 unspecified atom stereocenters. The van der Waals surface area contributed by atoms with Gasteiger partial charge in [-0.1, -0.05) is 30.3 Å². The number of carbonyl (C=O) groups excluding carboxylic acids is 1. The first-order valence-electron chi connectivity index (χ1n) is 9.35. The number of likely N-dealkylation sites (tertiary alicyclic amines) is 1. The van der Waals surface area contributed by atoms with E-state index in [1.54, 1.807) is 0 Å². The number of nitrogens with zero attached hydrogens (tertiary/aromatic N) is 3. The second-order valence-corrected chi connectivity index (χ2v) is 7.07. The van der Waals surface area contributed by atoms with Crippen molar-refractivity contribution in [1.82, 2.24) is 14.9 Å². The Morgan fingerprint density at radius 2 is 1.74 bits per heavy atom. The maximum absolute atomic E-state index is 12.9. The van der Waals surface area contributed by atoms with Crippen molar-refractivity contribution >= 4 is 16.7 Å². The molecule has 138 valence electrons. The van der Waals surface area contributed by atoms with E-state index in [2.05, 4.69) is 16.0 Å². The summed E-state index contributed by atoms with van der Waals surface area (Å²) in [5.41, 5.74) is 1.65. The van der Waals surface area contributed by atoms with Crippen LogP contribution in [-0.4, -0.2) is 40.0 Å². The van der Waals surface area contributed by atoms with Crippen LogP contribution in [0.25, 0.3) is 10.8 Å². The predicted octanol–water partition coefficient (Wildman–Crippen LogP) is 3.93. The molecular formula is C22H23N3O2. The predicted molar refractivity (Wildman–Crippen MR) is 105 cm³/mol. The summed E-state index contributed by atoms with van der Waals surface area (Å²) >= 11 is 0. The molecular weight excluding hydrogens is 338 g/mol. The fourth-order valence-electron chi connectivity index (χ4n) is 3.60. The van der Waals surface area contributed by atoms with Crippen LogP contribution in [0.5, 0.6) is 5.88 Å². The van der Waals surface area contributed by atoms with Crippen molar-refractivity contribution in [1.29, 1.82) is 0 Å². The lowest BCUT2D eigenvalue weighted by atomic mass is 10.0. The van der Waals surface area contributed by atoms with E-state index in [0.717, 1.165) is 34.9 Å². The monoisotopic (exact) mass is 361 g/mol. The van der Waals surface area contributed by atoms with Gasteiger partial charge in [-0.2, -0.15) is 4.98 Å². The highest BCUT2D eigenvalue weighted by Gasteiger charge is 2.25. The van der Waals surface area contributed by atoms with Gasteiger partial charge in [-0.15, -0.1) is 0 Å². The molecule has 1 saturated heterocycles. The van der Waals surface area contributed by atoms with Gasteiger partial charge in [0.1, 0.15) is 11.9 Å². The average molecular weight is 361 g/mol. The quantitative estimate of drug-likeness (QED) is 0.709. The van der Waals surface area contributed by atoms with Gasteiger partial charge in [0.2, 0.25) is 5.88 Å². The highest BCUT2D eigenvalue weighted by Crippen LogP contribution is 2.21. The molecule has 1 aliphatic rings. The first kappa shape index (κ1) is 17.5. The lowest BCUT2D eigenvalue weighted by Crippen LogP contribution is -2.41. The Labute approximate surface area is 159 Å². The van der Waals surface area contributed by atoms with Gasteiger partial charge in [0.15, 0.2) is 0 Å². The molecule has 0 aliphatic carbocycles. The van der Waals surface area contributed by atoms with Gasteiger partial charge >= 0.3 is 0 Å². The van der Waals surface area contributed by atoms with Crippen molar-refractivity contribution in [3.63, 3.8) is 0 Å². The van der Waals surface area contributed by atoms with Gasteiger partial charge in [0, 0.05) is 43.3 Å². The van der Waals surface area contributed by atoms with E-state index in [1.807, 2.05) is 61.2 Å². The minimum Gasteiger partial charge on any atom is -0.474 e. The largest absolute Gasteiger partial charge is 0.474 e. The number of carbonyl (C=O) groups is 1. The summed E-state index contributed by atoms with van der Waals surface area (Å²) in [6.45, 7) is 5.19. The number of fused-ring (bicyclic) bond motifs is 1. The van der Waals surface area contributed by atoms with Crippen LogP contribution in [0.1, 0.15) is 34.7 Å². The zero-order valence-corrected chi connectivity index (χ0v) is 15.7. The van der Waals surface area contributed by atoms with Crippen LogP contribution in [0.2, 0.25) is 0 Å². The number of hydrogen-bond donors (Lipinski definition) is 0. The second-order valence-electron chi connectivity index (χ2n) is 7.07. The van der Waals surface area contributed by atoms with E-state index in [-0.39, 0.29) is 12.0 Å². The van der Waals surface area contributed by atoms with E-state index in [9.17, 15) is 4.79 Å². The molecule has 4 rings (SSSR count). The Morgan fingerprint density at radius 3 is 2.48 bits per heavy atom. The molecule has 2 aromatic carbocycles. The van der Waals surface area contributed by atoms with Crippen molar-refractivity contribution in [3.8, 4) is 5.88 Å². The van der Waals surface area contributed by atoms with Crippen LogP contribution in [0.3, 0.4) is 0 Å². The van der Waals surface area contributed by atoms with Gasteiger partial charge < -0.3 is 9.64 Å². The standard InChI is InChI=1S/C22H23N3O2/c1-15-13-21(24-16(2)23-15)27-20-9-11-25(12-10-20)22(26)19-8-7-17-5-3-4-6-18(17)14-19/h3-8,13-14,20H,9-12H2,1-2H3. The van der Waals surface area contributed by atoms with Crippen LogP contribution in [0, 0.1) is 13.8 Å². The first-order chi connectivity index (χ1) is 13.1. The average Bonchev–Trinajstić information content (AvgIpc) is 2.67. The normalized spacial score (nSPS) is 15.1. The Balaban J connectivity index is 1.40. The fraction of sp³-hybridized carbons (Fsp3) is 0.318. The van der Waals surface area contributed by atoms with Crippen LogP contribution in [-0.2, 0) is 0 Å². The molecule has 0 spiro atoms. The molecule has 1 amide bonds. The number of rotatable bonds is 3. The van der Waals surface area contributed by atoms with E-state index < -0.39 is 0 Å². The maximum atomic E-state index is 12.9. The topological polar surface area (TPSA) is 55.3 Å². The molecule has 1 aromatic heterocycles. The lowest BCUT2D eigenvalue weighted by molar-refractivity contribution is 0.0587. The second kappa shape index (κ2) is 7.35. The van der Waals surface area contributed by atoms with Crippen LogP contribution in [0.15, 0.2) is 48.5 Å². The highest BCUT2D eigenvalue weighted by molar-refractivity contribution is 5.98. The SMILES string of the molecule is Cc1cc(OC2CCN(C(=O)c3ccc4ccccc4c3)CC2)nc(C)n1. The minimum atomic E-state index is 0.0827. The van der Waals surface area contributed by atoms with Crippen LogP contribution < -0.4 is 4.74 Å². The zero-order chi connectivity index (χ0) is 18.8. The Hall–Kier alpha value is -2.95. The lowest BCUT2D eigenvalue weighted by Gasteiger charge is -2.32. The smallest absolute Gasteiger partial charge is 0.253 e. The molecule has 5 heteroatoms. The minimum absolute atomic E-state index is 0.0827. The van der Waals surface area contributed by atoms with E-state index in [1.165, 1.54) is 0 Å². The van der Waals surface area contributed by atoms with Gasteiger partial charge in [-0.3, -0.25) is 4.79 Å². The Morgan fingerprint density at radius 1 is 1.00 bits per heavy atom. The summed E-state index contributed by atoms with van der Waals surface area (Å²) in [5, 5.41) is 2.24. The summed E-state index contributed by atoms with van der Waals surface area (Å²) in [6, 6.07) is 15.9. The molecule has 0 bridgehead atoms. The molecule has 1 aliphatic heterocycles. The molecule has 0 saturated carbocycles. The number of benzene rings is 2. The molecule has 0 N–H and O–H groups in total.